The number of carboxylic acids is 1. The average Bonchev–Trinajstić information content (AvgIpc) is 2.61. The van der Waals surface area contributed by atoms with Gasteiger partial charge in [-0.15, -0.1) is 0 Å². The molecule has 0 bridgehead atoms. The van der Waals surface area contributed by atoms with Crippen LogP contribution in [0.4, 0.5) is 0 Å². The van der Waals surface area contributed by atoms with Gasteiger partial charge in [-0.2, -0.15) is 0 Å². The van der Waals surface area contributed by atoms with Gasteiger partial charge in [0, 0.05) is 6.42 Å². The summed E-state index contributed by atoms with van der Waals surface area (Å²) in [7, 11) is 0. The Balaban J connectivity index is 2.03. The second kappa shape index (κ2) is 9.15. The number of hydrogen-bond donors (Lipinski definition) is 3. The molecule has 2 aromatic rings. The molecule has 5 nitrogen and oxygen atoms in total. The molecule has 0 radical (unpaired) electrons. The maximum Gasteiger partial charge on any atom is 0.326 e. The highest BCUT2D eigenvalue weighted by Gasteiger charge is 2.24. The molecular formula is C21H25NO4. The van der Waals surface area contributed by atoms with Crippen molar-refractivity contribution in [2.45, 2.75) is 38.8 Å². The Morgan fingerprint density at radius 3 is 2.08 bits per heavy atom. The van der Waals surface area contributed by atoms with E-state index in [1.807, 2.05) is 68.4 Å². The van der Waals surface area contributed by atoms with E-state index in [1.165, 1.54) is 0 Å². The SMILES string of the molecule is CC(C)C[C@@H](O)C(=O)N[C@H](Cc1ccc(-c2ccccc2)cc1)C(=O)O. The zero-order valence-corrected chi connectivity index (χ0v) is 15.1. The average molecular weight is 355 g/mol. The summed E-state index contributed by atoms with van der Waals surface area (Å²) in [4.78, 5) is 23.5. The smallest absolute Gasteiger partial charge is 0.326 e. The maximum absolute atomic E-state index is 12.0. The van der Waals surface area contributed by atoms with E-state index in [1.54, 1.807) is 0 Å². The molecule has 0 aromatic heterocycles. The lowest BCUT2D eigenvalue weighted by molar-refractivity contribution is -0.143. The number of amides is 1. The highest BCUT2D eigenvalue weighted by atomic mass is 16.4. The molecule has 138 valence electrons. The van der Waals surface area contributed by atoms with Crippen molar-refractivity contribution in [3.63, 3.8) is 0 Å². The Hall–Kier alpha value is -2.66. The van der Waals surface area contributed by atoms with Crippen molar-refractivity contribution in [1.82, 2.24) is 5.32 Å². The zero-order valence-electron chi connectivity index (χ0n) is 15.1. The van der Waals surface area contributed by atoms with Gasteiger partial charge in [0.2, 0.25) is 5.91 Å². The molecule has 2 atom stereocenters. The monoisotopic (exact) mass is 355 g/mol. The second-order valence-corrected chi connectivity index (χ2v) is 6.81. The van der Waals surface area contributed by atoms with Gasteiger partial charge >= 0.3 is 5.97 Å². The summed E-state index contributed by atoms with van der Waals surface area (Å²) in [5.74, 6) is -1.63. The molecule has 5 heteroatoms. The third-order valence-corrected chi connectivity index (χ3v) is 4.11. The van der Waals surface area contributed by atoms with Crippen LogP contribution in [-0.4, -0.2) is 34.2 Å². The van der Waals surface area contributed by atoms with E-state index in [9.17, 15) is 19.8 Å². The van der Waals surface area contributed by atoms with Crippen LogP contribution in [0.15, 0.2) is 54.6 Å². The Morgan fingerprint density at radius 1 is 0.962 bits per heavy atom. The Bertz CT molecular complexity index is 725. The summed E-state index contributed by atoms with van der Waals surface area (Å²) >= 11 is 0. The normalized spacial score (nSPS) is 13.2. The standard InChI is InChI=1S/C21H25NO4/c1-14(2)12-19(23)20(24)22-18(21(25)26)13-15-8-10-17(11-9-15)16-6-4-3-5-7-16/h3-11,14,18-19,23H,12-13H2,1-2H3,(H,22,24)(H,25,26)/t18-,19-/m1/s1. The molecule has 1 amide bonds. The summed E-state index contributed by atoms with van der Waals surface area (Å²) in [5, 5.41) is 21.7. The van der Waals surface area contributed by atoms with Crippen molar-refractivity contribution < 1.29 is 19.8 Å². The first-order valence-corrected chi connectivity index (χ1v) is 8.72. The summed E-state index contributed by atoms with van der Waals surface area (Å²) < 4.78 is 0. The highest BCUT2D eigenvalue weighted by molar-refractivity contribution is 5.86. The first-order chi connectivity index (χ1) is 12.4. The van der Waals surface area contributed by atoms with E-state index in [-0.39, 0.29) is 12.3 Å². The minimum absolute atomic E-state index is 0.143. The van der Waals surface area contributed by atoms with Crippen LogP contribution in [-0.2, 0) is 16.0 Å². The van der Waals surface area contributed by atoms with Crippen molar-refractivity contribution in [1.29, 1.82) is 0 Å². The summed E-state index contributed by atoms with van der Waals surface area (Å²) in [5.41, 5.74) is 2.92. The lowest BCUT2D eigenvalue weighted by Crippen LogP contribution is -2.46. The van der Waals surface area contributed by atoms with Crippen LogP contribution in [0.25, 0.3) is 11.1 Å². The minimum atomic E-state index is -1.20. The van der Waals surface area contributed by atoms with E-state index < -0.39 is 24.0 Å². The van der Waals surface area contributed by atoms with Crippen LogP contribution in [0.3, 0.4) is 0 Å². The van der Waals surface area contributed by atoms with Gasteiger partial charge in [0.05, 0.1) is 0 Å². The van der Waals surface area contributed by atoms with Crippen molar-refractivity contribution >= 4 is 11.9 Å². The van der Waals surface area contributed by atoms with Crippen LogP contribution in [0.2, 0.25) is 0 Å². The minimum Gasteiger partial charge on any atom is -0.480 e. The largest absolute Gasteiger partial charge is 0.480 e. The van der Waals surface area contributed by atoms with Gasteiger partial charge in [0.1, 0.15) is 12.1 Å². The van der Waals surface area contributed by atoms with Crippen LogP contribution < -0.4 is 5.32 Å². The third kappa shape index (κ3) is 5.70. The van der Waals surface area contributed by atoms with Crippen molar-refractivity contribution in [3.05, 3.63) is 60.2 Å². The molecule has 0 heterocycles. The number of carbonyl (C=O) groups is 2. The van der Waals surface area contributed by atoms with Crippen LogP contribution in [0, 0.1) is 5.92 Å². The molecule has 0 unspecified atom stereocenters. The fourth-order valence-electron chi connectivity index (χ4n) is 2.72. The maximum atomic E-state index is 12.0. The van der Waals surface area contributed by atoms with Gasteiger partial charge in [-0.1, -0.05) is 68.4 Å². The molecule has 0 aliphatic carbocycles. The van der Waals surface area contributed by atoms with Gasteiger partial charge in [-0.25, -0.2) is 4.79 Å². The number of aliphatic carboxylic acids is 1. The molecule has 0 aliphatic rings. The van der Waals surface area contributed by atoms with E-state index in [4.69, 9.17) is 0 Å². The number of aliphatic hydroxyl groups excluding tert-OH is 1. The second-order valence-electron chi connectivity index (χ2n) is 6.81. The molecule has 0 spiro atoms. The van der Waals surface area contributed by atoms with E-state index in [2.05, 4.69) is 5.32 Å². The summed E-state index contributed by atoms with van der Waals surface area (Å²) in [6.45, 7) is 3.78. The predicted molar refractivity (Wildman–Crippen MR) is 101 cm³/mol. The van der Waals surface area contributed by atoms with Crippen molar-refractivity contribution in [2.75, 3.05) is 0 Å². The van der Waals surface area contributed by atoms with Gasteiger partial charge in [0.15, 0.2) is 0 Å². The molecular weight excluding hydrogens is 330 g/mol. The van der Waals surface area contributed by atoms with Crippen LogP contribution in [0.5, 0.6) is 0 Å². The number of carbonyl (C=O) groups excluding carboxylic acids is 1. The topological polar surface area (TPSA) is 86.6 Å². The number of aliphatic hydroxyl groups is 1. The number of benzene rings is 2. The van der Waals surface area contributed by atoms with Gasteiger partial charge in [0.25, 0.3) is 0 Å². The fourth-order valence-corrected chi connectivity index (χ4v) is 2.72. The molecule has 0 saturated carbocycles. The number of hydrogen-bond acceptors (Lipinski definition) is 3. The number of nitrogens with one attached hydrogen (secondary N) is 1. The Kier molecular flexibility index (Phi) is 6.92. The van der Waals surface area contributed by atoms with Gasteiger partial charge < -0.3 is 15.5 Å². The Labute approximate surface area is 153 Å². The highest BCUT2D eigenvalue weighted by Crippen LogP contribution is 2.19. The first-order valence-electron chi connectivity index (χ1n) is 8.72. The zero-order chi connectivity index (χ0) is 19.1. The predicted octanol–water partition coefficient (Wildman–Crippen LogP) is 2.87. The quantitative estimate of drug-likeness (QED) is 0.679. The van der Waals surface area contributed by atoms with Crippen molar-refractivity contribution in [3.8, 4) is 11.1 Å². The van der Waals surface area contributed by atoms with Crippen molar-refractivity contribution in [2.24, 2.45) is 5.92 Å². The first kappa shape index (κ1) is 19.7. The molecule has 0 fully saturated rings. The third-order valence-electron chi connectivity index (χ3n) is 4.11. The van der Waals surface area contributed by atoms with E-state index in [0.29, 0.717) is 6.42 Å². The molecule has 2 rings (SSSR count). The molecule has 2 aromatic carbocycles. The van der Waals surface area contributed by atoms with Gasteiger partial charge in [-0.05, 0) is 29.0 Å². The van der Waals surface area contributed by atoms with Crippen LogP contribution in [0.1, 0.15) is 25.8 Å². The molecule has 0 saturated heterocycles. The van der Waals surface area contributed by atoms with E-state index in [0.717, 1.165) is 16.7 Å². The Morgan fingerprint density at radius 2 is 1.54 bits per heavy atom. The van der Waals surface area contributed by atoms with E-state index >= 15 is 0 Å². The van der Waals surface area contributed by atoms with Crippen LogP contribution >= 0.6 is 0 Å². The number of rotatable bonds is 8. The lowest BCUT2D eigenvalue weighted by Gasteiger charge is -2.18. The lowest BCUT2D eigenvalue weighted by atomic mass is 10.00. The van der Waals surface area contributed by atoms with Gasteiger partial charge in [-0.3, -0.25) is 4.79 Å². The summed E-state index contributed by atoms with van der Waals surface area (Å²) in [6.07, 6.45) is -0.744. The molecule has 26 heavy (non-hydrogen) atoms. The molecule has 0 aliphatic heterocycles. The number of carboxylic acid groups (broad SMARTS) is 1. The molecule has 3 N–H and O–H groups in total. The summed E-state index contributed by atoms with van der Waals surface area (Å²) in [6, 6.07) is 16.4. The fraction of sp³-hybridized carbons (Fsp3) is 0.333.